The smallest absolute Gasteiger partial charge is 0.0955 e. The molecule has 2 rings (SSSR count). The van der Waals surface area contributed by atoms with Gasteiger partial charge in [0.05, 0.1) is 17.7 Å². The van der Waals surface area contributed by atoms with Crippen LogP contribution in [-0.2, 0) is 0 Å². The van der Waals surface area contributed by atoms with E-state index in [0.717, 1.165) is 0 Å². The van der Waals surface area contributed by atoms with Crippen LogP contribution in [0.5, 0.6) is 0 Å². The molecule has 0 bridgehead atoms. The molecule has 54 valence electrons. The summed E-state index contributed by atoms with van der Waals surface area (Å²) in [6.07, 6.45) is 4.69. The van der Waals surface area contributed by atoms with Gasteiger partial charge in [0.15, 0.2) is 0 Å². The number of nitrogens with zero attached hydrogens (tertiary/aromatic N) is 6. The van der Waals surface area contributed by atoms with E-state index in [1.165, 1.54) is 0 Å². The summed E-state index contributed by atoms with van der Waals surface area (Å²) in [5, 5.41) is 13.9. The molecule has 2 heterocycles. The van der Waals surface area contributed by atoms with Gasteiger partial charge in [-0.1, -0.05) is 0 Å². The van der Waals surface area contributed by atoms with Gasteiger partial charge in [-0.25, -0.2) is 0 Å². The highest BCUT2D eigenvalue weighted by Crippen LogP contribution is 2.03. The Morgan fingerprint density at radius 1 is 1.27 bits per heavy atom. The number of hydrogen-bond donors (Lipinski definition) is 0. The molecule has 0 radical (unpaired) electrons. The van der Waals surface area contributed by atoms with Gasteiger partial charge in [-0.3, -0.25) is 20.3 Å². The summed E-state index contributed by atoms with van der Waals surface area (Å²) < 4.78 is 0. The number of rotatable bonds is 1. The predicted molar refractivity (Wildman–Crippen MR) is 34.2 cm³/mol. The van der Waals surface area contributed by atoms with Crippen molar-refractivity contribution in [3.05, 3.63) is 18.6 Å². The van der Waals surface area contributed by atoms with Crippen molar-refractivity contribution in [2.75, 3.05) is 0 Å². The number of hydrogen-bond acceptors (Lipinski definition) is 5. The summed E-state index contributed by atoms with van der Waals surface area (Å²) in [5.74, 6) is 0.401. The molecule has 2 aromatic heterocycles. The van der Waals surface area contributed by atoms with E-state index < -0.39 is 0 Å². The largest absolute Gasteiger partial charge is 0.329 e. The van der Waals surface area contributed by atoms with Crippen molar-refractivity contribution in [1.82, 2.24) is 30.6 Å². The van der Waals surface area contributed by atoms with Crippen molar-refractivity contribution in [2.24, 2.45) is 0 Å². The topological polar surface area (TPSA) is 78.5 Å². The van der Waals surface area contributed by atoms with E-state index in [2.05, 4.69) is 30.6 Å². The van der Waals surface area contributed by atoms with Crippen LogP contribution in [0.4, 0.5) is 0 Å². The van der Waals surface area contributed by atoms with Crippen LogP contribution in [0.25, 0.3) is 11.5 Å². The first-order valence-electron chi connectivity index (χ1n) is 2.92. The highest BCUT2D eigenvalue weighted by Gasteiger charge is 1.92. The minimum absolute atomic E-state index is 0.401. The molecule has 2 aromatic rings. The van der Waals surface area contributed by atoms with Gasteiger partial charge in [0, 0.05) is 12.4 Å². The van der Waals surface area contributed by atoms with Crippen LogP contribution >= 0.6 is 0 Å². The van der Waals surface area contributed by atoms with E-state index in [1.54, 1.807) is 18.6 Å². The maximum Gasteiger partial charge on any atom is 0.0955 e. The molecule has 0 unspecified atom stereocenters. The van der Waals surface area contributed by atoms with E-state index in [1.807, 2.05) is 0 Å². The SMILES string of the molecule is c1cnc(-c2nnn[n-]2)cn1. The van der Waals surface area contributed by atoms with E-state index in [9.17, 15) is 0 Å². The van der Waals surface area contributed by atoms with Gasteiger partial charge in [-0.15, -0.1) is 0 Å². The first-order chi connectivity index (χ1) is 5.47. The van der Waals surface area contributed by atoms with Gasteiger partial charge in [0.25, 0.3) is 0 Å². The fourth-order valence-electron chi connectivity index (χ4n) is 0.662. The van der Waals surface area contributed by atoms with Crippen molar-refractivity contribution in [3.8, 4) is 11.5 Å². The Morgan fingerprint density at radius 2 is 2.27 bits per heavy atom. The van der Waals surface area contributed by atoms with Gasteiger partial charge >= 0.3 is 0 Å². The van der Waals surface area contributed by atoms with Crippen molar-refractivity contribution in [3.63, 3.8) is 0 Å². The molecule has 0 saturated heterocycles. The lowest BCUT2D eigenvalue weighted by Crippen LogP contribution is -1.87. The predicted octanol–water partition coefficient (Wildman–Crippen LogP) is -0.714. The molecule has 0 N–H and O–H groups in total. The highest BCUT2D eigenvalue weighted by molar-refractivity contribution is 5.44. The van der Waals surface area contributed by atoms with Gasteiger partial charge < -0.3 is 5.10 Å². The maximum atomic E-state index is 3.95. The Kier molecular flexibility index (Phi) is 1.29. The Labute approximate surface area is 61.7 Å². The molecule has 0 fully saturated rings. The number of aromatic nitrogens is 6. The molecule has 0 amide bonds. The summed E-state index contributed by atoms with van der Waals surface area (Å²) in [6.45, 7) is 0. The molecule has 6 heteroatoms. The zero-order chi connectivity index (χ0) is 7.52. The standard InChI is InChI=1S/C5H3N6/c1-2-7-4(3-6-1)5-8-10-11-9-5/h1-3H/q-1. The molecule has 0 aliphatic carbocycles. The summed E-state index contributed by atoms with van der Waals surface area (Å²) in [5.41, 5.74) is 0.581. The van der Waals surface area contributed by atoms with Crippen LogP contribution in [0, 0.1) is 0 Å². The average molecular weight is 147 g/mol. The van der Waals surface area contributed by atoms with Crippen LogP contribution in [0.1, 0.15) is 0 Å². The molecule has 0 aliphatic rings. The Morgan fingerprint density at radius 3 is 2.91 bits per heavy atom. The minimum atomic E-state index is 0.401. The fourth-order valence-corrected chi connectivity index (χ4v) is 0.662. The third kappa shape index (κ3) is 1.05. The average Bonchev–Trinajstić information content (AvgIpc) is 2.58. The van der Waals surface area contributed by atoms with E-state index in [-0.39, 0.29) is 0 Å². The molecule has 0 atom stereocenters. The second kappa shape index (κ2) is 2.41. The van der Waals surface area contributed by atoms with E-state index in [0.29, 0.717) is 11.5 Å². The Hall–Kier alpha value is -1.85. The second-order valence-corrected chi connectivity index (χ2v) is 1.79. The zero-order valence-electron chi connectivity index (χ0n) is 5.42. The van der Waals surface area contributed by atoms with Crippen LogP contribution in [0.15, 0.2) is 18.6 Å². The summed E-state index contributed by atoms with van der Waals surface area (Å²) in [4.78, 5) is 7.80. The maximum absolute atomic E-state index is 3.95. The summed E-state index contributed by atoms with van der Waals surface area (Å²) in [6, 6.07) is 0. The third-order valence-corrected chi connectivity index (χ3v) is 1.11. The van der Waals surface area contributed by atoms with Gasteiger partial charge in [-0.2, -0.15) is 5.21 Å². The zero-order valence-corrected chi connectivity index (χ0v) is 5.42. The Bertz CT molecular complexity index is 314. The van der Waals surface area contributed by atoms with Crippen molar-refractivity contribution < 1.29 is 0 Å². The first-order valence-corrected chi connectivity index (χ1v) is 2.92. The molecular formula is C5H3N6-. The van der Waals surface area contributed by atoms with Crippen molar-refractivity contribution >= 4 is 0 Å². The van der Waals surface area contributed by atoms with Crippen molar-refractivity contribution in [2.45, 2.75) is 0 Å². The number of tetrazole rings is 1. The molecule has 6 nitrogen and oxygen atoms in total. The van der Waals surface area contributed by atoms with Crippen LogP contribution < -0.4 is 5.10 Å². The summed E-state index contributed by atoms with van der Waals surface area (Å²) >= 11 is 0. The van der Waals surface area contributed by atoms with Gasteiger partial charge in [0.2, 0.25) is 0 Å². The molecule has 0 saturated carbocycles. The first kappa shape index (κ1) is 5.90. The third-order valence-electron chi connectivity index (χ3n) is 1.11. The Balaban J connectivity index is 2.46. The van der Waals surface area contributed by atoms with Gasteiger partial charge in [-0.05, 0) is 0 Å². The quantitative estimate of drug-likeness (QED) is 0.530. The van der Waals surface area contributed by atoms with Gasteiger partial charge in [0.1, 0.15) is 0 Å². The monoisotopic (exact) mass is 147 g/mol. The van der Waals surface area contributed by atoms with Crippen LogP contribution in [0.3, 0.4) is 0 Å². The van der Waals surface area contributed by atoms with Crippen LogP contribution in [-0.4, -0.2) is 25.5 Å². The van der Waals surface area contributed by atoms with E-state index >= 15 is 0 Å². The highest BCUT2D eigenvalue weighted by atomic mass is 15.5. The second-order valence-electron chi connectivity index (χ2n) is 1.79. The molecule has 11 heavy (non-hydrogen) atoms. The lowest BCUT2D eigenvalue weighted by atomic mass is 10.4. The minimum Gasteiger partial charge on any atom is -0.329 e. The fraction of sp³-hybridized carbons (Fsp3) is 0. The molecule has 0 aromatic carbocycles. The van der Waals surface area contributed by atoms with Crippen LogP contribution in [0.2, 0.25) is 0 Å². The molecule has 0 aliphatic heterocycles. The van der Waals surface area contributed by atoms with Crippen molar-refractivity contribution in [1.29, 1.82) is 0 Å². The lowest BCUT2D eigenvalue weighted by molar-refractivity contribution is 0.871. The molecular weight excluding hydrogens is 144 g/mol. The van der Waals surface area contributed by atoms with E-state index in [4.69, 9.17) is 0 Å². The normalized spacial score (nSPS) is 9.82. The molecule has 0 spiro atoms. The lowest BCUT2D eigenvalue weighted by Gasteiger charge is -1.94. The summed E-state index contributed by atoms with van der Waals surface area (Å²) in [7, 11) is 0.